The first-order valence-electron chi connectivity index (χ1n) is 12.6. The largest absolute Gasteiger partial charge is 0.395 e. The number of carbonyl (C=O) groups excluding carboxylic acids is 2. The summed E-state index contributed by atoms with van der Waals surface area (Å²) >= 11 is 0. The molecule has 1 aromatic rings. The molecule has 0 radical (unpaired) electrons. The predicted molar refractivity (Wildman–Crippen MR) is 148 cm³/mol. The van der Waals surface area contributed by atoms with E-state index in [9.17, 15) is 14.7 Å². The summed E-state index contributed by atoms with van der Waals surface area (Å²) in [5.74, 6) is 0.435. The van der Waals surface area contributed by atoms with Gasteiger partial charge in [-0.05, 0) is 44.1 Å². The summed E-state index contributed by atoms with van der Waals surface area (Å²) in [6, 6.07) is 2.47. The van der Waals surface area contributed by atoms with Crippen molar-refractivity contribution < 1.29 is 28.9 Å². The fraction of sp³-hybridized carbons (Fsp3) is 0.345. The lowest BCUT2D eigenvalue weighted by atomic mass is 9.90. The first-order chi connectivity index (χ1) is 19.6. The Morgan fingerprint density at radius 1 is 1.10 bits per heavy atom. The van der Waals surface area contributed by atoms with Crippen molar-refractivity contribution in [1.29, 1.82) is 15.8 Å². The number of aryl methyl sites for hydroxylation is 1. The first kappa shape index (κ1) is 32.0. The van der Waals surface area contributed by atoms with Crippen molar-refractivity contribution >= 4 is 17.7 Å². The molecule has 214 valence electrons. The van der Waals surface area contributed by atoms with Crippen LogP contribution in [-0.4, -0.2) is 59.8 Å². The van der Waals surface area contributed by atoms with E-state index in [0.29, 0.717) is 22.7 Å². The minimum Gasteiger partial charge on any atom is -0.395 e. The molecule has 0 fully saturated rings. The molecule has 1 aliphatic rings. The van der Waals surface area contributed by atoms with Crippen LogP contribution in [0.3, 0.4) is 0 Å². The van der Waals surface area contributed by atoms with E-state index < -0.39 is 30.6 Å². The van der Waals surface area contributed by atoms with E-state index in [1.54, 1.807) is 89.0 Å². The second kappa shape index (κ2) is 15.4. The number of nitrogens with zero attached hydrogens (tertiary/aromatic N) is 6. The third-order valence-corrected chi connectivity index (χ3v) is 6.31. The van der Waals surface area contributed by atoms with Crippen LogP contribution in [0.2, 0.25) is 0 Å². The van der Waals surface area contributed by atoms with Gasteiger partial charge < -0.3 is 29.1 Å². The molecule has 2 rings (SSSR count). The second-order valence-electron chi connectivity index (χ2n) is 9.12. The van der Waals surface area contributed by atoms with E-state index in [4.69, 9.17) is 30.0 Å². The highest BCUT2D eigenvalue weighted by Gasteiger charge is 2.38. The van der Waals surface area contributed by atoms with Gasteiger partial charge in [0.05, 0.1) is 18.3 Å². The van der Waals surface area contributed by atoms with Crippen molar-refractivity contribution in [3.63, 3.8) is 0 Å². The molecule has 0 saturated heterocycles. The van der Waals surface area contributed by atoms with Gasteiger partial charge in [0.2, 0.25) is 0 Å². The maximum Gasteiger partial charge on any atom is 0.333 e. The maximum atomic E-state index is 14.2. The fourth-order valence-electron chi connectivity index (χ4n) is 4.18. The Kier molecular flexibility index (Phi) is 12.0. The number of nitriles is 3. The topological polar surface area (TPSA) is 163 Å². The summed E-state index contributed by atoms with van der Waals surface area (Å²) in [6.07, 6.45) is 13.1. The van der Waals surface area contributed by atoms with Crippen molar-refractivity contribution in [3.8, 4) is 24.5 Å². The molecule has 1 aliphatic carbocycles. The molecular weight excluding hydrogens is 528 g/mol. The normalized spacial score (nSPS) is 16.3. The van der Waals surface area contributed by atoms with Crippen molar-refractivity contribution in [3.05, 3.63) is 71.2 Å². The number of amides is 4. The number of urea groups is 2. The summed E-state index contributed by atoms with van der Waals surface area (Å²) in [4.78, 5) is 31.5. The summed E-state index contributed by atoms with van der Waals surface area (Å²) in [5.41, 5.74) is 1.47. The number of anilines is 1. The Bertz CT molecular complexity index is 1380. The van der Waals surface area contributed by atoms with Crippen LogP contribution in [0, 0.1) is 47.4 Å². The number of hydrogen-bond donors (Lipinski definition) is 1. The van der Waals surface area contributed by atoms with E-state index in [1.807, 2.05) is 0 Å². The van der Waals surface area contributed by atoms with Crippen molar-refractivity contribution in [2.75, 3.05) is 31.6 Å². The molecular formula is C29H32N6O6. The molecule has 1 aromatic carbocycles. The van der Waals surface area contributed by atoms with Crippen molar-refractivity contribution in [2.24, 2.45) is 5.92 Å². The van der Waals surface area contributed by atoms with E-state index in [0.717, 1.165) is 4.90 Å². The molecule has 0 bridgehead atoms. The number of ether oxygens (including phenoxy) is 3. The average Bonchev–Trinajstić information content (AvgIpc) is 2.94. The molecule has 41 heavy (non-hydrogen) atoms. The van der Waals surface area contributed by atoms with Gasteiger partial charge in [0.1, 0.15) is 17.3 Å². The molecule has 0 spiro atoms. The molecule has 1 N–H and O–H groups in total. The number of carbonyl (C=O) groups is 2. The van der Waals surface area contributed by atoms with Gasteiger partial charge in [0.25, 0.3) is 18.8 Å². The number of hydrogen-bond acceptors (Lipinski definition) is 9. The van der Waals surface area contributed by atoms with E-state index in [2.05, 4.69) is 0 Å². The van der Waals surface area contributed by atoms with E-state index in [1.165, 1.54) is 22.9 Å². The highest BCUT2D eigenvalue weighted by molar-refractivity contribution is 6.13. The van der Waals surface area contributed by atoms with Crippen LogP contribution in [0.4, 0.5) is 15.3 Å². The minimum atomic E-state index is -0.748. The van der Waals surface area contributed by atoms with Gasteiger partial charge in [0.15, 0.2) is 0 Å². The van der Waals surface area contributed by atoms with Crippen LogP contribution in [0.25, 0.3) is 0 Å². The monoisotopic (exact) mass is 560 g/mol. The molecule has 0 aromatic heterocycles. The Morgan fingerprint density at radius 2 is 1.80 bits per heavy atom. The summed E-state index contributed by atoms with van der Waals surface area (Å²) in [6.45, 7) is 6.44. The van der Waals surface area contributed by atoms with Crippen LogP contribution < -0.4 is 9.64 Å². The SMILES string of the molecule is CC1=C(OC#N)C(C)C(N(CCO)C(=O)N(C(=O)N(C)C/C=C\C=C(/C)OC#N)c2ccc(C)c(OC#N)c2)C=C1. The van der Waals surface area contributed by atoms with E-state index in [-0.39, 0.29) is 24.5 Å². The predicted octanol–water partition coefficient (Wildman–Crippen LogP) is 4.43. The van der Waals surface area contributed by atoms with Crippen LogP contribution in [0.15, 0.2) is 65.7 Å². The first-order valence-corrected chi connectivity index (χ1v) is 12.6. The highest BCUT2D eigenvalue weighted by atomic mass is 16.5. The number of benzene rings is 1. The van der Waals surface area contributed by atoms with E-state index >= 15 is 0 Å². The summed E-state index contributed by atoms with van der Waals surface area (Å²) in [7, 11) is 1.50. The lowest BCUT2D eigenvalue weighted by molar-refractivity contribution is 0.144. The quantitative estimate of drug-likeness (QED) is 0.248. The van der Waals surface area contributed by atoms with Crippen molar-refractivity contribution in [1.82, 2.24) is 9.80 Å². The number of rotatable bonds is 10. The van der Waals surface area contributed by atoms with Crippen LogP contribution >= 0.6 is 0 Å². The molecule has 4 amide bonds. The van der Waals surface area contributed by atoms with Gasteiger partial charge in [-0.1, -0.05) is 37.3 Å². The molecule has 2 atom stereocenters. The Hall–Kier alpha value is -5.25. The van der Waals surface area contributed by atoms with Gasteiger partial charge in [-0.15, -0.1) is 15.8 Å². The van der Waals surface area contributed by atoms with Gasteiger partial charge in [0, 0.05) is 32.1 Å². The number of imide groups is 1. The number of aliphatic hydroxyl groups excluding tert-OH is 1. The summed E-state index contributed by atoms with van der Waals surface area (Å²) < 4.78 is 14.9. The number of likely N-dealkylation sites (N-methyl/N-ethyl adjacent to an activating group) is 1. The van der Waals surface area contributed by atoms with Crippen molar-refractivity contribution in [2.45, 2.75) is 33.7 Å². The average molecular weight is 561 g/mol. The molecule has 2 unspecified atom stereocenters. The minimum absolute atomic E-state index is 0.0915. The van der Waals surface area contributed by atoms with Crippen LogP contribution in [0.5, 0.6) is 5.75 Å². The van der Waals surface area contributed by atoms with Gasteiger partial charge in [-0.25, -0.2) is 14.5 Å². The highest BCUT2D eigenvalue weighted by Crippen LogP contribution is 2.32. The molecule has 12 heteroatoms. The third-order valence-electron chi connectivity index (χ3n) is 6.31. The second-order valence-corrected chi connectivity index (χ2v) is 9.12. The molecule has 0 saturated carbocycles. The zero-order valence-electron chi connectivity index (χ0n) is 23.6. The maximum absolute atomic E-state index is 14.2. The number of aliphatic hydroxyl groups is 1. The summed E-state index contributed by atoms with van der Waals surface area (Å²) in [5, 5.41) is 36.7. The zero-order valence-corrected chi connectivity index (χ0v) is 23.6. The smallest absolute Gasteiger partial charge is 0.333 e. The molecule has 0 heterocycles. The molecule has 12 nitrogen and oxygen atoms in total. The fourth-order valence-corrected chi connectivity index (χ4v) is 4.18. The lowest BCUT2D eigenvalue weighted by Crippen LogP contribution is -2.55. The number of allylic oxidation sites excluding steroid dienone is 5. The lowest BCUT2D eigenvalue weighted by Gasteiger charge is -2.39. The van der Waals surface area contributed by atoms with Gasteiger partial charge in [-0.3, -0.25) is 0 Å². The van der Waals surface area contributed by atoms with Crippen LogP contribution in [-0.2, 0) is 9.47 Å². The standard InChI is InChI=1S/C29H32N6O6/c1-20-9-11-24(16-26(20)40-18-31)35(28(37)33(5)13-7-6-8-22(3)39-17-30)29(38)34(14-15-36)25-12-10-21(2)27(23(25)4)41-19-32/h6-12,16,23,25,36H,13-15H2,1-5H3/b7-6-,22-8+. The van der Waals surface area contributed by atoms with Gasteiger partial charge >= 0.3 is 12.1 Å². The van der Waals surface area contributed by atoms with Gasteiger partial charge in [-0.2, -0.15) is 0 Å². The Balaban J connectivity index is 2.53. The Labute approximate surface area is 239 Å². The molecule has 0 aliphatic heterocycles. The Morgan fingerprint density at radius 3 is 2.44 bits per heavy atom. The zero-order chi connectivity index (χ0) is 30.5. The van der Waals surface area contributed by atoms with Crippen LogP contribution in [0.1, 0.15) is 26.3 Å². The third kappa shape index (κ3) is 8.12.